The monoisotopic (exact) mass is 420 g/mol. The summed E-state index contributed by atoms with van der Waals surface area (Å²) >= 11 is 0. The molecule has 0 radical (unpaired) electrons. The molecule has 0 atom stereocenters. The van der Waals surface area contributed by atoms with Crippen molar-refractivity contribution in [1.29, 1.82) is 0 Å². The van der Waals surface area contributed by atoms with Gasteiger partial charge in [-0.3, -0.25) is 4.79 Å². The maximum atomic E-state index is 13.5. The third-order valence-electron chi connectivity index (χ3n) is 4.66. The Balaban J connectivity index is 0.000000220. The van der Waals surface area contributed by atoms with Crippen molar-refractivity contribution < 1.29 is 22.7 Å². The van der Waals surface area contributed by atoms with Gasteiger partial charge in [0.05, 0.1) is 11.6 Å². The molecule has 1 saturated carbocycles. The number of ether oxygens (including phenoxy) is 1. The molecule has 2 N–H and O–H groups in total. The third kappa shape index (κ3) is 6.91. The molecule has 0 bridgehead atoms. The number of H-pyrrole nitrogens is 1. The summed E-state index contributed by atoms with van der Waals surface area (Å²) < 4.78 is 44.4. The summed E-state index contributed by atoms with van der Waals surface area (Å²) in [5.74, 6) is -1.60. The number of fused-ring (bicyclic) bond motifs is 1. The van der Waals surface area contributed by atoms with Gasteiger partial charge < -0.3 is 15.0 Å². The smallest absolute Gasteiger partial charge is 0.207 e. The van der Waals surface area contributed by atoms with Crippen LogP contribution in [0.25, 0.3) is 22.2 Å². The zero-order valence-corrected chi connectivity index (χ0v) is 17.2. The van der Waals surface area contributed by atoms with E-state index in [9.17, 15) is 18.0 Å². The quantitative estimate of drug-likeness (QED) is 0.418. The Morgan fingerprint density at radius 2 is 1.80 bits per heavy atom. The fourth-order valence-electron chi connectivity index (χ4n) is 2.76. The van der Waals surface area contributed by atoms with Crippen LogP contribution in [-0.4, -0.2) is 31.2 Å². The number of benzene rings is 2. The molecule has 4 nitrogen and oxygen atoms in total. The van der Waals surface area contributed by atoms with Crippen molar-refractivity contribution in [2.75, 3.05) is 13.7 Å². The van der Waals surface area contributed by atoms with Gasteiger partial charge in [0.25, 0.3) is 0 Å². The molecule has 30 heavy (non-hydrogen) atoms. The number of methoxy groups -OCH3 is 1. The van der Waals surface area contributed by atoms with E-state index in [2.05, 4.69) is 10.3 Å². The van der Waals surface area contributed by atoms with Crippen molar-refractivity contribution >= 4 is 17.3 Å². The van der Waals surface area contributed by atoms with Crippen LogP contribution in [0.2, 0.25) is 0 Å². The van der Waals surface area contributed by atoms with Gasteiger partial charge in [-0.05, 0) is 67.6 Å². The van der Waals surface area contributed by atoms with Gasteiger partial charge in [-0.2, -0.15) is 0 Å². The minimum absolute atomic E-state index is 0.246. The summed E-state index contributed by atoms with van der Waals surface area (Å²) in [4.78, 5) is 12.3. The number of carbonyl (C=O) groups excluding carboxylic acids is 1. The second kappa shape index (κ2) is 12.0. The second-order valence-electron chi connectivity index (χ2n) is 6.90. The van der Waals surface area contributed by atoms with Crippen molar-refractivity contribution in [2.24, 2.45) is 0 Å². The summed E-state index contributed by atoms with van der Waals surface area (Å²) in [6, 6.07) is 9.50. The lowest BCUT2D eigenvalue weighted by molar-refractivity contribution is -0.109. The minimum Gasteiger partial charge on any atom is -0.381 e. The van der Waals surface area contributed by atoms with Gasteiger partial charge in [0.2, 0.25) is 6.41 Å². The maximum Gasteiger partial charge on any atom is 0.207 e. The highest BCUT2D eigenvalue weighted by atomic mass is 19.1. The van der Waals surface area contributed by atoms with Gasteiger partial charge in [0, 0.05) is 30.8 Å². The Morgan fingerprint density at radius 3 is 2.27 bits per heavy atom. The Hall–Kier alpha value is -2.80. The van der Waals surface area contributed by atoms with Crippen LogP contribution in [-0.2, 0) is 9.53 Å². The second-order valence-corrected chi connectivity index (χ2v) is 6.90. The number of hydrogen-bond donors (Lipinski definition) is 2. The lowest BCUT2D eigenvalue weighted by Gasteiger charge is -2.22. The first-order chi connectivity index (χ1) is 14.5. The average Bonchev–Trinajstić information content (AvgIpc) is 3.11. The van der Waals surface area contributed by atoms with Crippen LogP contribution in [0.15, 0.2) is 42.5 Å². The first-order valence-electron chi connectivity index (χ1n) is 9.92. The predicted molar refractivity (Wildman–Crippen MR) is 113 cm³/mol. The van der Waals surface area contributed by atoms with E-state index >= 15 is 0 Å². The highest BCUT2D eigenvalue weighted by molar-refractivity contribution is 5.86. The molecule has 1 amide bonds. The normalized spacial score (nSPS) is 12.8. The Morgan fingerprint density at radius 1 is 1.10 bits per heavy atom. The molecule has 0 unspecified atom stereocenters. The molecule has 2 aromatic carbocycles. The van der Waals surface area contributed by atoms with Crippen molar-refractivity contribution in [3.63, 3.8) is 0 Å². The molecule has 0 saturated heterocycles. The first kappa shape index (κ1) is 23.5. The van der Waals surface area contributed by atoms with E-state index in [4.69, 9.17) is 4.74 Å². The van der Waals surface area contributed by atoms with E-state index in [0.717, 1.165) is 19.0 Å². The zero-order chi connectivity index (χ0) is 21.9. The van der Waals surface area contributed by atoms with Gasteiger partial charge in [-0.25, -0.2) is 13.2 Å². The minimum atomic E-state index is -0.640. The molecular weight excluding hydrogens is 393 g/mol. The molecule has 1 aliphatic carbocycles. The molecule has 1 aliphatic rings. The Labute approximate surface area is 174 Å². The van der Waals surface area contributed by atoms with Gasteiger partial charge >= 0.3 is 0 Å². The standard InChI is InChI=1S/C14H8F3N.C5H10O.C4H9NO/c15-10-3-1-8(2-4-10)13-6-9-5-11(16)7-12(17)14(9)18-13;1-6-5-3-2-4-5;1-2-3-5-4-6/h1-7,18H;5H,2-4H2,1H3;4H,2-3H2,1H3,(H,5,6). The van der Waals surface area contributed by atoms with Crippen LogP contribution in [0.4, 0.5) is 13.2 Å². The average molecular weight is 420 g/mol. The van der Waals surface area contributed by atoms with Crippen LogP contribution < -0.4 is 5.32 Å². The molecule has 1 heterocycles. The van der Waals surface area contributed by atoms with Crippen molar-refractivity contribution in [2.45, 2.75) is 38.7 Å². The SMILES string of the molecule is CCCNC=O.COC1CCC1.Fc1ccc(-c2cc3cc(F)cc(F)c3[nH]2)cc1. The molecule has 3 aromatic rings. The molecule has 1 aromatic heterocycles. The van der Waals surface area contributed by atoms with E-state index in [1.165, 1.54) is 37.5 Å². The summed E-state index contributed by atoms with van der Waals surface area (Å²) in [5.41, 5.74) is 1.58. The molecule has 162 valence electrons. The predicted octanol–water partition coefficient (Wildman–Crippen LogP) is 5.58. The van der Waals surface area contributed by atoms with Crippen molar-refractivity contribution in [3.8, 4) is 11.3 Å². The fourth-order valence-corrected chi connectivity index (χ4v) is 2.76. The number of nitrogens with one attached hydrogen (secondary N) is 2. The van der Waals surface area contributed by atoms with Crippen LogP contribution in [0, 0.1) is 17.5 Å². The van der Waals surface area contributed by atoms with Gasteiger partial charge in [0.15, 0.2) is 0 Å². The lowest BCUT2D eigenvalue weighted by atomic mass is 9.96. The molecule has 7 heteroatoms. The Bertz CT molecular complexity index is 919. The summed E-state index contributed by atoms with van der Waals surface area (Å²) in [6.07, 6.45) is 6.29. The maximum absolute atomic E-state index is 13.5. The van der Waals surface area contributed by atoms with E-state index in [1.54, 1.807) is 25.3 Å². The summed E-state index contributed by atoms with van der Waals surface area (Å²) in [7, 11) is 1.78. The fraction of sp³-hybridized carbons (Fsp3) is 0.348. The Kier molecular flexibility index (Phi) is 9.41. The van der Waals surface area contributed by atoms with Crippen molar-refractivity contribution in [1.82, 2.24) is 10.3 Å². The zero-order valence-electron chi connectivity index (χ0n) is 17.2. The number of halogens is 3. The van der Waals surface area contributed by atoms with E-state index < -0.39 is 11.6 Å². The topological polar surface area (TPSA) is 54.1 Å². The van der Waals surface area contributed by atoms with Crippen LogP contribution >= 0.6 is 0 Å². The van der Waals surface area contributed by atoms with Gasteiger partial charge in [-0.15, -0.1) is 0 Å². The number of hydrogen-bond acceptors (Lipinski definition) is 2. The van der Waals surface area contributed by atoms with Crippen LogP contribution in [0.1, 0.15) is 32.6 Å². The number of carbonyl (C=O) groups is 1. The molecule has 1 fully saturated rings. The number of amides is 1. The molecule has 0 aliphatic heterocycles. The van der Waals surface area contributed by atoms with Gasteiger partial charge in [-0.1, -0.05) is 6.92 Å². The number of aromatic amines is 1. The molecule has 0 spiro atoms. The summed E-state index contributed by atoms with van der Waals surface area (Å²) in [5, 5.41) is 2.97. The molecule has 4 rings (SSSR count). The highest BCUT2D eigenvalue weighted by Crippen LogP contribution is 2.26. The third-order valence-corrected chi connectivity index (χ3v) is 4.66. The van der Waals surface area contributed by atoms with Crippen LogP contribution in [0.3, 0.4) is 0 Å². The number of aromatic nitrogens is 1. The highest BCUT2D eigenvalue weighted by Gasteiger charge is 2.14. The lowest BCUT2D eigenvalue weighted by Crippen LogP contribution is -2.18. The van der Waals surface area contributed by atoms with Crippen molar-refractivity contribution in [3.05, 3.63) is 59.9 Å². The van der Waals surface area contributed by atoms with E-state index in [0.29, 0.717) is 29.2 Å². The van der Waals surface area contributed by atoms with E-state index in [-0.39, 0.29) is 11.3 Å². The van der Waals surface area contributed by atoms with E-state index in [1.807, 2.05) is 6.92 Å². The van der Waals surface area contributed by atoms with Gasteiger partial charge in [0.1, 0.15) is 17.5 Å². The number of rotatable bonds is 5. The molecular formula is C23H27F3N2O2. The largest absolute Gasteiger partial charge is 0.381 e. The summed E-state index contributed by atoms with van der Waals surface area (Å²) in [6.45, 7) is 2.81. The van der Waals surface area contributed by atoms with Crippen LogP contribution in [0.5, 0.6) is 0 Å². The first-order valence-corrected chi connectivity index (χ1v) is 9.92.